The number of hydrazine groups is 1. The van der Waals surface area contributed by atoms with E-state index in [1.165, 1.54) is 5.01 Å². The molecule has 2 aliphatic heterocycles. The lowest BCUT2D eigenvalue weighted by molar-refractivity contribution is 0.00578. The number of anilines is 1. The molecule has 6 nitrogen and oxygen atoms in total. The number of nitrogens with one attached hydrogen (secondary N) is 1. The molecular weight excluding hydrogens is 343 g/mol. The molecule has 1 aromatic rings. The summed E-state index contributed by atoms with van der Waals surface area (Å²) in [4.78, 5) is 12.7. The minimum absolute atomic E-state index is 0.388. The van der Waals surface area contributed by atoms with E-state index in [1.54, 1.807) is 0 Å². The fraction of sp³-hybridized carbons (Fsp3) is 0.650. The molecule has 27 heavy (non-hydrogen) atoms. The first kappa shape index (κ1) is 20.2. The minimum Gasteiger partial charge on any atom is -0.442 e. The van der Waals surface area contributed by atoms with Crippen LogP contribution in [0.2, 0.25) is 0 Å². The number of nitrogens with zero attached hydrogens (tertiary/aromatic N) is 1. The van der Waals surface area contributed by atoms with Gasteiger partial charge < -0.3 is 14.0 Å². The van der Waals surface area contributed by atoms with Gasteiger partial charge in [-0.25, -0.2) is 15.2 Å². The number of carbonyl (C=O) groups is 1. The topological polar surface area (TPSA) is 60.0 Å². The van der Waals surface area contributed by atoms with Gasteiger partial charge in [-0.1, -0.05) is 12.1 Å². The number of fused-ring (bicyclic) bond motifs is 1. The Morgan fingerprint density at radius 1 is 1.07 bits per heavy atom. The Bertz CT molecular complexity index is 752. The highest BCUT2D eigenvalue weighted by Gasteiger charge is 2.52. The zero-order valence-electron chi connectivity index (χ0n) is 17.9. The molecule has 3 rings (SSSR count). The molecule has 0 saturated carbocycles. The van der Waals surface area contributed by atoms with E-state index in [4.69, 9.17) is 14.0 Å². The van der Waals surface area contributed by atoms with Crippen molar-refractivity contribution in [2.24, 2.45) is 0 Å². The molecule has 7 heteroatoms. The van der Waals surface area contributed by atoms with Crippen LogP contribution in [-0.4, -0.2) is 30.0 Å². The maximum atomic E-state index is 12.7. The van der Waals surface area contributed by atoms with Gasteiger partial charge in [0.2, 0.25) is 0 Å². The summed E-state index contributed by atoms with van der Waals surface area (Å²) in [6.45, 7) is 17.7. The van der Waals surface area contributed by atoms with E-state index in [9.17, 15) is 4.79 Å². The van der Waals surface area contributed by atoms with Crippen LogP contribution in [-0.2, 0) is 19.6 Å². The van der Waals surface area contributed by atoms with Crippen molar-refractivity contribution in [3.63, 3.8) is 0 Å². The zero-order chi connectivity index (χ0) is 20.4. The summed E-state index contributed by atoms with van der Waals surface area (Å²) < 4.78 is 17.9. The molecule has 2 heterocycles. The van der Waals surface area contributed by atoms with E-state index in [1.807, 2.05) is 80.5 Å². The molecule has 0 radical (unpaired) electrons. The molecule has 0 spiro atoms. The van der Waals surface area contributed by atoms with Crippen molar-refractivity contribution in [1.29, 1.82) is 0 Å². The average molecular weight is 374 g/mol. The average Bonchev–Trinajstić information content (AvgIpc) is 2.87. The van der Waals surface area contributed by atoms with Crippen molar-refractivity contribution < 1.29 is 18.8 Å². The van der Waals surface area contributed by atoms with Gasteiger partial charge in [0, 0.05) is 0 Å². The highest BCUT2D eigenvalue weighted by molar-refractivity contribution is 6.62. The number of hydrogen-bond donors (Lipinski definition) is 1. The smallest absolute Gasteiger partial charge is 0.442 e. The van der Waals surface area contributed by atoms with E-state index in [2.05, 4.69) is 5.43 Å². The van der Waals surface area contributed by atoms with Gasteiger partial charge in [-0.15, -0.1) is 0 Å². The summed E-state index contributed by atoms with van der Waals surface area (Å²) in [5.41, 5.74) is 4.11. The Morgan fingerprint density at radius 2 is 1.63 bits per heavy atom. The third kappa shape index (κ3) is 3.60. The molecule has 0 atom stereocenters. The Hall–Kier alpha value is -1.57. The third-order valence-electron chi connectivity index (χ3n) is 5.43. The number of benzene rings is 1. The Balaban J connectivity index is 1.95. The van der Waals surface area contributed by atoms with Gasteiger partial charge in [0.25, 0.3) is 0 Å². The maximum absolute atomic E-state index is 12.7. The van der Waals surface area contributed by atoms with E-state index in [-0.39, 0.29) is 5.54 Å². The third-order valence-corrected chi connectivity index (χ3v) is 5.43. The van der Waals surface area contributed by atoms with Crippen molar-refractivity contribution >= 4 is 24.4 Å². The number of carbonyl (C=O) groups excluding carboxylic acids is 1. The van der Waals surface area contributed by atoms with Crippen LogP contribution in [0.5, 0.6) is 0 Å². The fourth-order valence-corrected chi connectivity index (χ4v) is 3.24. The summed E-state index contributed by atoms with van der Waals surface area (Å²) in [5, 5.41) is 1.48. The van der Waals surface area contributed by atoms with Crippen molar-refractivity contribution in [2.75, 3.05) is 5.01 Å². The lowest BCUT2D eigenvalue weighted by Gasteiger charge is -2.32. The van der Waals surface area contributed by atoms with Gasteiger partial charge in [0.05, 0.1) is 22.4 Å². The fourth-order valence-electron chi connectivity index (χ4n) is 3.24. The molecule has 0 unspecified atom stereocenters. The molecule has 0 aromatic heterocycles. The quantitative estimate of drug-likeness (QED) is 0.763. The van der Waals surface area contributed by atoms with Gasteiger partial charge in [0.15, 0.2) is 0 Å². The van der Waals surface area contributed by atoms with Gasteiger partial charge in [-0.3, -0.25) is 0 Å². The van der Waals surface area contributed by atoms with Crippen LogP contribution >= 0.6 is 0 Å². The Morgan fingerprint density at radius 3 is 2.15 bits per heavy atom. The monoisotopic (exact) mass is 374 g/mol. The highest BCUT2D eigenvalue weighted by Crippen LogP contribution is 2.39. The molecule has 1 saturated heterocycles. The predicted molar refractivity (Wildman–Crippen MR) is 107 cm³/mol. The summed E-state index contributed by atoms with van der Waals surface area (Å²) in [6, 6.07) is 5.97. The first-order valence-corrected chi connectivity index (χ1v) is 9.44. The molecule has 1 fully saturated rings. The lowest BCUT2D eigenvalue weighted by Crippen LogP contribution is -2.47. The second-order valence-electron chi connectivity index (χ2n) is 9.92. The van der Waals surface area contributed by atoms with Crippen molar-refractivity contribution in [1.82, 2.24) is 5.43 Å². The minimum atomic E-state index is -0.574. The van der Waals surface area contributed by atoms with E-state index in [0.29, 0.717) is 0 Å². The molecule has 2 aliphatic rings. The summed E-state index contributed by atoms with van der Waals surface area (Å²) in [5.74, 6) is 0. The van der Waals surface area contributed by atoms with E-state index < -0.39 is 30.0 Å². The van der Waals surface area contributed by atoms with Crippen molar-refractivity contribution in [3.8, 4) is 0 Å². The normalized spacial score (nSPS) is 22.7. The number of rotatable bonds is 1. The van der Waals surface area contributed by atoms with Crippen LogP contribution in [0.1, 0.15) is 67.9 Å². The van der Waals surface area contributed by atoms with Gasteiger partial charge in [-0.2, -0.15) is 0 Å². The largest absolute Gasteiger partial charge is 0.494 e. The molecule has 1 amide bonds. The standard InChI is InChI=1S/C20H31BN2O4/c1-17(2,3)25-16(24)23-15-12-13(10-11-14(15)18(4,5)22-23)21-26-19(6,7)20(8,9)27-21/h10-12,22H,1-9H3. The lowest BCUT2D eigenvalue weighted by atomic mass is 9.77. The van der Waals surface area contributed by atoms with Crippen LogP contribution in [0.25, 0.3) is 0 Å². The van der Waals surface area contributed by atoms with Crippen LogP contribution in [0.4, 0.5) is 10.5 Å². The molecule has 0 bridgehead atoms. The molecule has 1 N–H and O–H groups in total. The molecular formula is C20H31BN2O4. The predicted octanol–water partition coefficient (Wildman–Crippen LogP) is 3.48. The second kappa shape index (κ2) is 5.96. The van der Waals surface area contributed by atoms with E-state index in [0.717, 1.165) is 16.7 Å². The first-order valence-electron chi connectivity index (χ1n) is 9.44. The van der Waals surface area contributed by atoms with Crippen LogP contribution in [0, 0.1) is 0 Å². The Kier molecular flexibility index (Phi) is 4.46. The maximum Gasteiger partial charge on any atom is 0.494 e. The van der Waals surface area contributed by atoms with Crippen LogP contribution in [0.15, 0.2) is 18.2 Å². The molecule has 1 aromatic carbocycles. The zero-order valence-corrected chi connectivity index (χ0v) is 17.9. The van der Waals surface area contributed by atoms with Gasteiger partial charge in [0.1, 0.15) is 5.60 Å². The number of amides is 1. The van der Waals surface area contributed by atoms with Gasteiger partial charge in [-0.05, 0) is 79.4 Å². The second-order valence-corrected chi connectivity index (χ2v) is 9.92. The van der Waals surface area contributed by atoms with E-state index >= 15 is 0 Å². The Labute approximate surface area is 162 Å². The molecule has 0 aliphatic carbocycles. The van der Waals surface area contributed by atoms with Crippen LogP contribution in [0.3, 0.4) is 0 Å². The van der Waals surface area contributed by atoms with Crippen molar-refractivity contribution in [2.45, 2.75) is 84.7 Å². The number of ether oxygens (including phenoxy) is 1. The van der Waals surface area contributed by atoms with Crippen molar-refractivity contribution in [3.05, 3.63) is 23.8 Å². The SMILES string of the molecule is CC(C)(C)OC(=O)N1NC(C)(C)c2ccc(B3OC(C)(C)C(C)(C)O3)cc21. The first-order chi connectivity index (χ1) is 12.1. The number of hydrogen-bond acceptors (Lipinski definition) is 5. The molecule has 148 valence electrons. The van der Waals surface area contributed by atoms with Gasteiger partial charge >= 0.3 is 13.2 Å². The summed E-state index contributed by atoms with van der Waals surface area (Å²) in [7, 11) is -0.482. The summed E-state index contributed by atoms with van der Waals surface area (Å²) >= 11 is 0. The highest BCUT2D eigenvalue weighted by atomic mass is 16.7. The van der Waals surface area contributed by atoms with Crippen LogP contribution < -0.4 is 15.9 Å². The summed E-state index contributed by atoms with van der Waals surface area (Å²) in [6.07, 6.45) is -0.430.